The molecule has 0 fully saturated rings. The summed E-state index contributed by atoms with van der Waals surface area (Å²) in [7, 11) is 9.29. The van der Waals surface area contributed by atoms with Crippen LogP contribution in [0, 0.1) is 0 Å². The average Bonchev–Trinajstić information content (AvgIpc) is 2.84. The maximum Gasteiger partial charge on any atom is 0.261 e. The lowest BCUT2D eigenvalue weighted by Gasteiger charge is -2.16. The molecule has 11 heteroatoms. The summed E-state index contributed by atoms with van der Waals surface area (Å²) in [6.07, 6.45) is 3.27. The van der Waals surface area contributed by atoms with Crippen LogP contribution in [0.5, 0.6) is 23.0 Å². The summed E-state index contributed by atoms with van der Waals surface area (Å²) in [5.41, 5.74) is 7.98. The third kappa shape index (κ3) is 5.91. The average molecular weight is 540 g/mol. The highest BCUT2D eigenvalue weighted by Crippen LogP contribution is 2.31. The lowest BCUT2D eigenvalue weighted by Crippen LogP contribution is -2.23. The predicted molar refractivity (Wildman–Crippen MR) is 154 cm³/mol. The van der Waals surface area contributed by atoms with E-state index in [0.717, 1.165) is 21.5 Å². The predicted octanol–water partition coefficient (Wildman–Crippen LogP) is 2.91. The van der Waals surface area contributed by atoms with E-state index in [2.05, 4.69) is 43.0 Å². The monoisotopic (exact) mass is 540 g/mol. The minimum Gasteiger partial charge on any atom is -0.496 e. The normalized spacial score (nSPS) is 11.7. The van der Waals surface area contributed by atoms with Crippen molar-refractivity contribution in [2.45, 2.75) is 13.0 Å². The molecule has 0 aliphatic carbocycles. The lowest BCUT2D eigenvalue weighted by molar-refractivity contribution is 0.102. The van der Waals surface area contributed by atoms with E-state index in [9.17, 15) is 4.79 Å². The van der Waals surface area contributed by atoms with Crippen molar-refractivity contribution in [3.63, 3.8) is 0 Å². The van der Waals surface area contributed by atoms with Crippen LogP contribution in [-0.4, -0.2) is 35.6 Å². The minimum atomic E-state index is -0.324. The van der Waals surface area contributed by atoms with Crippen LogP contribution < -0.4 is 41.3 Å². The Morgan fingerprint density at radius 1 is 1.03 bits per heavy atom. The molecule has 0 saturated heterocycles. The zero-order valence-corrected chi connectivity index (χ0v) is 23.3. The number of rotatable bonds is 8. The molecule has 2 heterocycles. The molecular weight excluding hydrogens is 513 g/mol. The second-order valence-electron chi connectivity index (χ2n) is 8.09. The van der Waals surface area contributed by atoms with Gasteiger partial charge in [0.15, 0.2) is 0 Å². The molecule has 186 valence electrons. The van der Waals surface area contributed by atoms with Crippen molar-refractivity contribution < 1.29 is 19.0 Å². The Morgan fingerprint density at radius 3 is 2.42 bits per heavy atom. The van der Waals surface area contributed by atoms with Crippen molar-refractivity contribution >= 4 is 66.3 Å². The third-order valence-corrected chi connectivity index (χ3v) is 6.49. The van der Waals surface area contributed by atoms with E-state index in [1.54, 1.807) is 18.5 Å². The fourth-order valence-electron chi connectivity index (χ4n) is 3.53. The highest BCUT2D eigenvalue weighted by molar-refractivity contribution is 7.30. The van der Waals surface area contributed by atoms with Gasteiger partial charge in [-0.2, -0.15) is 0 Å². The van der Waals surface area contributed by atoms with Gasteiger partial charge in [0, 0.05) is 46.2 Å². The van der Waals surface area contributed by atoms with Gasteiger partial charge in [-0.3, -0.25) is 14.8 Å². The van der Waals surface area contributed by atoms with E-state index in [-0.39, 0.29) is 11.9 Å². The molecule has 0 bridgehead atoms. The van der Waals surface area contributed by atoms with Crippen molar-refractivity contribution in [1.82, 2.24) is 9.97 Å². The number of carbonyl (C=O) groups excluding carboxylic acids is 1. The molecule has 0 saturated carbocycles. The number of carbonyl (C=O) groups is 1. The first kappa shape index (κ1) is 26.2. The molecule has 0 spiro atoms. The fraction of sp³-hybridized carbons (Fsp3) is 0.160. The molecule has 0 radical (unpaired) electrons. The molecule has 4 aromatic rings. The number of hydrogen-bond acceptors (Lipinski definition) is 7. The Bertz CT molecular complexity index is 1410. The number of pyridine rings is 2. The molecule has 0 aliphatic heterocycles. The number of anilines is 1. The molecule has 1 amide bonds. The molecule has 2 aromatic heterocycles. The Balaban J connectivity index is 1.58. The van der Waals surface area contributed by atoms with Gasteiger partial charge < -0.3 is 25.3 Å². The standard InChI is InChI=1S/C25H27N4O4P3/c1-13(26)12-32-15-3-4-16-17(11-15)27-7-5-18(16)33-23-20(34)9-14(10-21(23)35)29-24(30)22-19(31-2)6-8-28-25(22)36/h3-11,13H,12,26,34-36H2,1-2H3,(H,29,30)/t13-/m0/s1. The summed E-state index contributed by atoms with van der Waals surface area (Å²) in [5, 5.41) is 5.29. The maximum absolute atomic E-state index is 13.0. The van der Waals surface area contributed by atoms with Gasteiger partial charge >= 0.3 is 0 Å². The molecule has 36 heavy (non-hydrogen) atoms. The van der Waals surface area contributed by atoms with Crippen LogP contribution in [-0.2, 0) is 0 Å². The summed E-state index contributed by atoms with van der Waals surface area (Å²) in [6, 6.07) is 12.7. The van der Waals surface area contributed by atoms with Crippen LogP contribution in [0.1, 0.15) is 17.3 Å². The number of ether oxygens (including phenoxy) is 3. The van der Waals surface area contributed by atoms with E-state index < -0.39 is 0 Å². The number of nitrogens with two attached hydrogens (primary N) is 1. The van der Waals surface area contributed by atoms with Gasteiger partial charge in [-0.15, -0.1) is 18.5 Å². The van der Waals surface area contributed by atoms with Crippen LogP contribution in [0.2, 0.25) is 0 Å². The number of aromatic nitrogens is 2. The molecule has 0 aliphatic rings. The second-order valence-corrected chi connectivity index (χ2v) is 9.88. The molecule has 4 atom stereocenters. The molecule has 3 N–H and O–H groups in total. The molecular formula is C25H27N4O4P3. The quantitative estimate of drug-likeness (QED) is 0.331. The van der Waals surface area contributed by atoms with Crippen LogP contribution in [0.4, 0.5) is 5.69 Å². The summed E-state index contributed by atoms with van der Waals surface area (Å²) in [6.45, 7) is 2.31. The van der Waals surface area contributed by atoms with E-state index in [0.29, 0.717) is 46.3 Å². The van der Waals surface area contributed by atoms with Crippen molar-refractivity contribution in [2.24, 2.45) is 5.73 Å². The van der Waals surface area contributed by atoms with Gasteiger partial charge in [0.05, 0.1) is 18.1 Å². The van der Waals surface area contributed by atoms with Gasteiger partial charge in [0.25, 0.3) is 5.91 Å². The number of nitrogens with zero attached hydrogens (tertiary/aromatic N) is 2. The van der Waals surface area contributed by atoms with Crippen LogP contribution in [0.25, 0.3) is 10.9 Å². The Hall–Kier alpha value is -2.88. The number of fused-ring (bicyclic) bond motifs is 1. The molecule has 8 nitrogen and oxygen atoms in total. The number of hydrogen-bond donors (Lipinski definition) is 2. The van der Waals surface area contributed by atoms with Gasteiger partial charge in [-0.25, -0.2) is 0 Å². The van der Waals surface area contributed by atoms with Gasteiger partial charge in [-0.05, 0) is 43.3 Å². The van der Waals surface area contributed by atoms with Crippen LogP contribution in [0.3, 0.4) is 0 Å². The first-order chi connectivity index (χ1) is 17.3. The van der Waals surface area contributed by atoms with Crippen LogP contribution in [0.15, 0.2) is 54.9 Å². The molecule has 2 aromatic carbocycles. The highest BCUT2D eigenvalue weighted by Gasteiger charge is 2.18. The first-order valence-electron chi connectivity index (χ1n) is 11.0. The van der Waals surface area contributed by atoms with E-state index in [4.69, 9.17) is 19.9 Å². The Kier molecular flexibility index (Phi) is 8.33. The number of methoxy groups -OCH3 is 1. The third-order valence-electron chi connectivity index (χ3n) is 5.19. The summed E-state index contributed by atoms with van der Waals surface area (Å²) < 4.78 is 17.3. The molecule has 4 rings (SSSR count). The lowest BCUT2D eigenvalue weighted by atomic mass is 10.2. The smallest absolute Gasteiger partial charge is 0.261 e. The van der Waals surface area contributed by atoms with Gasteiger partial charge in [0.1, 0.15) is 35.2 Å². The van der Waals surface area contributed by atoms with E-state index in [1.807, 2.05) is 43.3 Å². The summed E-state index contributed by atoms with van der Waals surface area (Å²) >= 11 is 0. The first-order valence-corrected chi connectivity index (χ1v) is 12.7. The summed E-state index contributed by atoms with van der Waals surface area (Å²) in [5.74, 6) is 2.10. The van der Waals surface area contributed by atoms with E-state index >= 15 is 0 Å². The van der Waals surface area contributed by atoms with Crippen LogP contribution >= 0.6 is 27.7 Å². The van der Waals surface area contributed by atoms with Crippen molar-refractivity contribution in [2.75, 3.05) is 19.0 Å². The number of benzene rings is 2. The second kappa shape index (κ2) is 11.5. The zero-order chi connectivity index (χ0) is 25.8. The van der Waals surface area contributed by atoms with Crippen molar-refractivity contribution in [3.05, 3.63) is 60.4 Å². The van der Waals surface area contributed by atoms with Gasteiger partial charge in [-0.1, -0.05) is 9.24 Å². The SMILES string of the molecule is COc1ccnc(P)c1C(=O)Nc1cc(P)c(Oc2ccnc3cc(OC[C@H](C)N)ccc23)c(P)c1. The van der Waals surface area contributed by atoms with Crippen molar-refractivity contribution in [1.29, 1.82) is 0 Å². The van der Waals surface area contributed by atoms with Gasteiger partial charge in [0.2, 0.25) is 0 Å². The van der Waals surface area contributed by atoms with E-state index in [1.165, 1.54) is 7.11 Å². The summed E-state index contributed by atoms with van der Waals surface area (Å²) in [4.78, 5) is 21.6. The Morgan fingerprint density at radius 2 is 1.72 bits per heavy atom. The van der Waals surface area contributed by atoms with Crippen molar-refractivity contribution in [3.8, 4) is 23.0 Å². The zero-order valence-electron chi connectivity index (χ0n) is 19.8. The highest BCUT2D eigenvalue weighted by atomic mass is 31.0. The maximum atomic E-state index is 13.0. The number of nitrogens with one attached hydrogen (secondary N) is 1. The topological polar surface area (TPSA) is 109 Å². The fourth-order valence-corrected chi connectivity index (χ4v) is 4.87. The minimum absolute atomic E-state index is 0.0636. The Labute approximate surface area is 216 Å². The largest absolute Gasteiger partial charge is 0.496 e. The molecule has 3 unspecified atom stereocenters. The number of amides is 1.